The molecule has 0 bridgehead atoms. The zero-order valence-corrected chi connectivity index (χ0v) is 12.5. The van der Waals surface area contributed by atoms with E-state index in [-0.39, 0.29) is 6.79 Å². The number of hydrogen-bond acceptors (Lipinski definition) is 5. The maximum absolute atomic E-state index is 10.1. The van der Waals surface area contributed by atoms with Crippen molar-refractivity contribution in [3.63, 3.8) is 0 Å². The van der Waals surface area contributed by atoms with Crippen molar-refractivity contribution in [3.05, 3.63) is 22.7 Å². The molecular formula is C14H20ClNO4. The van der Waals surface area contributed by atoms with E-state index in [0.717, 1.165) is 5.56 Å². The molecule has 1 aromatic carbocycles. The van der Waals surface area contributed by atoms with Crippen molar-refractivity contribution < 1.29 is 19.3 Å². The highest BCUT2D eigenvalue weighted by Crippen LogP contribution is 2.39. The van der Waals surface area contributed by atoms with Crippen molar-refractivity contribution in [3.8, 4) is 11.5 Å². The maximum atomic E-state index is 10.1. The van der Waals surface area contributed by atoms with Crippen LogP contribution in [0.4, 0.5) is 0 Å². The van der Waals surface area contributed by atoms with Crippen LogP contribution in [0.2, 0.25) is 5.02 Å². The monoisotopic (exact) mass is 301 g/mol. The molecule has 1 aromatic rings. The van der Waals surface area contributed by atoms with Crippen LogP contribution < -0.4 is 14.8 Å². The third-order valence-electron chi connectivity index (χ3n) is 3.17. The lowest BCUT2D eigenvalue weighted by molar-refractivity contribution is 0.0247. The van der Waals surface area contributed by atoms with E-state index >= 15 is 0 Å². The Morgan fingerprint density at radius 1 is 1.45 bits per heavy atom. The van der Waals surface area contributed by atoms with Crippen LogP contribution in [-0.2, 0) is 11.3 Å². The summed E-state index contributed by atoms with van der Waals surface area (Å²) in [4.78, 5) is 0. The third kappa shape index (κ3) is 3.99. The number of fused-ring (bicyclic) bond motifs is 1. The van der Waals surface area contributed by atoms with Gasteiger partial charge in [0.15, 0.2) is 11.5 Å². The van der Waals surface area contributed by atoms with E-state index in [1.165, 1.54) is 0 Å². The Morgan fingerprint density at radius 2 is 2.25 bits per heavy atom. The van der Waals surface area contributed by atoms with E-state index in [1.807, 2.05) is 12.1 Å². The molecule has 112 valence electrons. The van der Waals surface area contributed by atoms with Crippen molar-refractivity contribution in [2.45, 2.75) is 25.5 Å². The van der Waals surface area contributed by atoms with Gasteiger partial charge in [0.05, 0.1) is 10.6 Å². The van der Waals surface area contributed by atoms with Crippen molar-refractivity contribution in [1.82, 2.24) is 5.32 Å². The largest absolute Gasteiger partial charge is 0.454 e. The van der Waals surface area contributed by atoms with Crippen molar-refractivity contribution in [2.24, 2.45) is 0 Å². The smallest absolute Gasteiger partial charge is 0.231 e. The van der Waals surface area contributed by atoms with Gasteiger partial charge in [-0.3, -0.25) is 0 Å². The number of benzene rings is 1. The number of methoxy groups -OCH3 is 1. The maximum Gasteiger partial charge on any atom is 0.231 e. The molecule has 1 aliphatic heterocycles. The van der Waals surface area contributed by atoms with Crippen molar-refractivity contribution in [1.29, 1.82) is 0 Å². The lowest BCUT2D eigenvalue weighted by Crippen LogP contribution is -2.38. The Bertz CT molecular complexity index is 465. The first kappa shape index (κ1) is 15.4. The summed E-state index contributed by atoms with van der Waals surface area (Å²) >= 11 is 6.11. The van der Waals surface area contributed by atoms with Crippen LogP contribution in [0.15, 0.2) is 12.1 Å². The lowest BCUT2D eigenvalue weighted by atomic mass is 10.0. The van der Waals surface area contributed by atoms with E-state index in [0.29, 0.717) is 42.6 Å². The second-order valence-corrected chi connectivity index (χ2v) is 5.56. The van der Waals surface area contributed by atoms with Gasteiger partial charge in [-0.15, -0.1) is 0 Å². The fraction of sp³-hybridized carbons (Fsp3) is 0.571. The number of ether oxygens (including phenoxy) is 3. The van der Waals surface area contributed by atoms with Crippen LogP contribution in [0.3, 0.4) is 0 Å². The predicted octanol–water partition coefficient (Wildman–Crippen LogP) is 1.95. The summed E-state index contributed by atoms with van der Waals surface area (Å²) < 4.78 is 15.6. The molecule has 0 aromatic heterocycles. The summed E-state index contributed by atoms with van der Waals surface area (Å²) in [6.45, 7) is 3.59. The Kier molecular flexibility index (Phi) is 5.10. The minimum Gasteiger partial charge on any atom is -0.454 e. The highest BCUT2D eigenvalue weighted by atomic mass is 35.5. The molecule has 1 atom stereocenters. The quantitative estimate of drug-likeness (QED) is 0.806. The zero-order valence-electron chi connectivity index (χ0n) is 11.7. The Hall–Kier alpha value is -1.01. The van der Waals surface area contributed by atoms with Crippen LogP contribution in [0, 0.1) is 0 Å². The molecule has 20 heavy (non-hydrogen) atoms. The summed E-state index contributed by atoms with van der Waals surface area (Å²) in [5.41, 5.74) is 0.192. The molecule has 1 heterocycles. The highest BCUT2D eigenvalue weighted by Gasteiger charge is 2.20. The second kappa shape index (κ2) is 6.63. The van der Waals surface area contributed by atoms with Gasteiger partial charge < -0.3 is 24.6 Å². The minimum atomic E-state index is -0.795. The van der Waals surface area contributed by atoms with Crippen LogP contribution in [0.25, 0.3) is 0 Å². The average Bonchev–Trinajstić information content (AvgIpc) is 2.85. The van der Waals surface area contributed by atoms with Crippen LogP contribution >= 0.6 is 11.6 Å². The Balaban J connectivity index is 1.87. The molecule has 1 aliphatic rings. The molecule has 0 aliphatic carbocycles. The predicted molar refractivity (Wildman–Crippen MR) is 76.4 cm³/mol. The van der Waals surface area contributed by atoms with Crippen molar-refractivity contribution >= 4 is 11.6 Å². The molecule has 0 amide bonds. The number of rotatable bonds is 7. The fourth-order valence-corrected chi connectivity index (χ4v) is 2.30. The summed E-state index contributed by atoms with van der Waals surface area (Å²) in [7, 11) is 1.62. The fourth-order valence-electron chi connectivity index (χ4n) is 2.01. The van der Waals surface area contributed by atoms with Gasteiger partial charge in [0.25, 0.3) is 0 Å². The molecule has 0 saturated carbocycles. The number of hydrogen-bond donors (Lipinski definition) is 2. The zero-order chi connectivity index (χ0) is 14.6. The number of halogens is 1. The van der Waals surface area contributed by atoms with Gasteiger partial charge in [0.2, 0.25) is 6.79 Å². The van der Waals surface area contributed by atoms with Gasteiger partial charge in [0.1, 0.15) is 0 Å². The van der Waals surface area contributed by atoms with E-state index < -0.39 is 5.60 Å². The first-order valence-electron chi connectivity index (χ1n) is 6.52. The van der Waals surface area contributed by atoms with Gasteiger partial charge >= 0.3 is 0 Å². The van der Waals surface area contributed by atoms with Gasteiger partial charge in [-0.2, -0.15) is 0 Å². The van der Waals surface area contributed by atoms with Gasteiger partial charge in [0, 0.05) is 33.2 Å². The Morgan fingerprint density at radius 3 is 3.00 bits per heavy atom. The normalized spacial score (nSPS) is 16.2. The Labute approximate surface area is 123 Å². The molecule has 0 saturated heterocycles. The second-order valence-electron chi connectivity index (χ2n) is 5.15. The highest BCUT2D eigenvalue weighted by molar-refractivity contribution is 6.32. The average molecular weight is 302 g/mol. The molecule has 1 unspecified atom stereocenters. The molecule has 2 N–H and O–H groups in total. The third-order valence-corrected chi connectivity index (χ3v) is 3.45. The molecule has 6 heteroatoms. The molecule has 0 radical (unpaired) electrons. The van der Waals surface area contributed by atoms with E-state index in [1.54, 1.807) is 14.0 Å². The minimum absolute atomic E-state index is 0.206. The molecular weight excluding hydrogens is 282 g/mol. The molecule has 2 rings (SSSR count). The van der Waals surface area contributed by atoms with Gasteiger partial charge in [-0.25, -0.2) is 0 Å². The summed E-state index contributed by atoms with van der Waals surface area (Å²) in [6.07, 6.45) is 0.582. The summed E-state index contributed by atoms with van der Waals surface area (Å²) in [5, 5.41) is 13.9. The van der Waals surface area contributed by atoms with Gasteiger partial charge in [-0.05, 0) is 24.6 Å². The van der Waals surface area contributed by atoms with E-state index in [4.69, 9.17) is 25.8 Å². The first-order chi connectivity index (χ1) is 9.52. The van der Waals surface area contributed by atoms with E-state index in [2.05, 4.69) is 5.32 Å². The molecule has 0 spiro atoms. The molecule has 0 fully saturated rings. The van der Waals surface area contributed by atoms with Crippen LogP contribution in [0.1, 0.15) is 18.9 Å². The lowest BCUT2D eigenvalue weighted by Gasteiger charge is -2.23. The van der Waals surface area contributed by atoms with Crippen LogP contribution in [-0.4, -0.2) is 37.8 Å². The van der Waals surface area contributed by atoms with Crippen LogP contribution in [0.5, 0.6) is 11.5 Å². The number of nitrogens with one attached hydrogen (secondary N) is 1. The molecule has 5 nitrogen and oxygen atoms in total. The van der Waals surface area contributed by atoms with Gasteiger partial charge in [-0.1, -0.05) is 11.6 Å². The van der Waals surface area contributed by atoms with Crippen molar-refractivity contribution in [2.75, 3.05) is 27.1 Å². The topological polar surface area (TPSA) is 60.0 Å². The number of aliphatic hydroxyl groups is 1. The SMILES string of the molecule is COCCC(C)(O)CNCc1cc(Cl)c2c(c1)OCO2. The van der Waals surface area contributed by atoms with E-state index in [9.17, 15) is 5.11 Å². The standard InChI is InChI=1S/C14H20ClNO4/c1-14(17,3-4-18-2)8-16-7-10-5-11(15)13-12(6-10)19-9-20-13/h5-6,16-17H,3-4,7-9H2,1-2H3. The first-order valence-corrected chi connectivity index (χ1v) is 6.90. The summed E-state index contributed by atoms with van der Waals surface area (Å²) in [5.74, 6) is 1.27. The summed E-state index contributed by atoms with van der Waals surface area (Å²) in [6, 6.07) is 3.73.